The molecule has 1 unspecified atom stereocenters. The molecule has 0 amide bonds. The number of esters is 1. The Balaban J connectivity index is 2.08. The summed E-state index contributed by atoms with van der Waals surface area (Å²) in [5.74, 6) is -0.309. The van der Waals surface area contributed by atoms with E-state index < -0.39 is 11.6 Å². The van der Waals surface area contributed by atoms with Crippen LogP contribution in [-0.2, 0) is 10.3 Å². The van der Waals surface area contributed by atoms with Gasteiger partial charge in [-0.15, -0.1) is 0 Å². The Morgan fingerprint density at radius 1 is 0.800 bits per heavy atom. The number of phenols is 1. The molecule has 0 aliphatic carbocycles. The van der Waals surface area contributed by atoms with Crippen molar-refractivity contribution in [3.8, 4) is 5.75 Å². The molecule has 3 aromatic carbocycles. The smallest absolute Gasteiger partial charge is 0.340 e. The van der Waals surface area contributed by atoms with Gasteiger partial charge in [-0.1, -0.05) is 24.3 Å². The van der Waals surface area contributed by atoms with Crippen LogP contribution in [0, 0.1) is 6.92 Å². The lowest BCUT2D eigenvalue weighted by molar-refractivity contribution is 0.0244. The summed E-state index contributed by atoms with van der Waals surface area (Å²) in [5, 5.41) is 11.1. The summed E-state index contributed by atoms with van der Waals surface area (Å²) in [5.41, 5.74) is 4.23. The lowest BCUT2D eigenvalue weighted by atomic mass is 9.77. The highest BCUT2D eigenvalue weighted by molar-refractivity contribution is 5.96. The fourth-order valence-electron chi connectivity index (χ4n) is 4.13. The maximum atomic E-state index is 12.9. The highest BCUT2D eigenvalue weighted by Crippen LogP contribution is 2.51. The fraction of sp³-hybridized carbons (Fsp3) is 0.240. The van der Waals surface area contributed by atoms with E-state index in [4.69, 9.17) is 4.74 Å². The number of hydrogen-bond donors (Lipinski definition) is 1. The van der Waals surface area contributed by atoms with Crippen molar-refractivity contribution in [2.24, 2.45) is 0 Å². The largest absolute Gasteiger partial charge is 0.507 e. The highest BCUT2D eigenvalue weighted by Gasteiger charge is 2.50. The second-order valence-corrected chi connectivity index (χ2v) is 8.11. The third-order valence-corrected chi connectivity index (χ3v) is 5.77. The number of benzene rings is 3. The van der Waals surface area contributed by atoms with E-state index in [1.165, 1.54) is 0 Å². The minimum absolute atomic E-state index is 0.0837. The molecule has 5 nitrogen and oxygen atoms in total. The van der Waals surface area contributed by atoms with E-state index in [0.717, 1.165) is 28.1 Å². The second kappa shape index (κ2) is 7.10. The van der Waals surface area contributed by atoms with Crippen molar-refractivity contribution in [1.29, 1.82) is 0 Å². The summed E-state index contributed by atoms with van der Waals surface area (Å²) in [6.45, 7) is 2.00. The molecule has 1 heterocycles. The number of anilines is 2. The summed E-state index contributed by atoms with van der Waals surface area (Å²) in [6, 6.07) is 19.0. The predicted molar refractivity (Wildman–Crippen MR) is 120 cm³/mol. The Labute approximate surface area is 177 Å². The molecule has 1 N–H and O–H groups in total. The van der Waals surface area contributed by atoms with E-state index in [-0.39, 0.29) is 5.75 Å². The molecule has 30 heavy (non-hydrogen) atoms. The normalized spacial score (nSPS) is 17.4. The molecular weight excluding hydrogens is 376 g/mol. The van der Waals surface area contributed by atoms with Gasteiger partial charge in [0.1, 0.15) is 5.75 Å². The molecule has 1 aliphatic rings. The number of fused-ring (bicyclic) bond motifs is 1. The van der Waals surface area contributed by atoms with Gasteiger partial charge >= 0.3 is 5.97 Å². The topological polar surface area (TPSA) is 53.0 Å². The number of rotatable bonds is 4. The van der Waals surface area contributed by atoms with Crippen LogP contribution in [0.1, 0.15) is 32.6 Å². The van der Waals surface area contributed by atoms with Crippen LogP contribution in [0.5, 0.6) is 5.75 Å². The molecular formula is C25H26N2O3. The first-order valence-corrected chi connectivity index (χ1v) is 9.88. The van der Waals surface area contributed by atoms with Crippen molar-refractivity contribution in [3.63, 3.8) is 0 Å². The molecule has 0 spiro atoms. The van der Waals surface area contributed by atoms with Gasteiger partial charge < -0.3 is 19.6 Å². The van der Waals surface area contributed by atoms with Gasteiger partial charge in [-0.05, 0) is 42.8 Å². The average molecular weight is 402 g/mol. The molecule has 0 fully saturated rings. The quantitative estimate of drug-likeness (QED) is 0.660. The minimum atomic E-state index is -1.22. The van der Waals surface area contributed by atoms with Gasteiger partial charge in [-0.2, -0.15) is 0 Å². The van der Waals surface area contributed by atoms with E-state index in [9.17, 15) is 9.90 Å². The first kappa shape index (κ1) is 19.8. The fourth-order valence-corrected chi connectivity index (χ4v) is 4.13. The lowest BCUT2D eigenvalue weighted by Gasteiger charge is -2.33. The summed E-state index contributed by atoms with van der Waals surface area (Å²) < 4.78 is 6.16. The van der Waals surface area contributed by atoms with E-state index in [2.05, 4.69) is 0 Å². The third-order valence-electron chi connectivity index (χ3n) is 5.77. The summed E-state index contributed by atoms with van der Waals surface area (Å²) >= 11 is 0. The maximum absolute atomic E-state index is 12.9. The summed E-state index contributed by atoms with van der Waals surface area (Å²) in [7, 11) is 7.78. The summed E-state index contributed by atoms with van der Waals surface area (Å²) in [6.07, 6.45) is 0. The number of aromatic hydroxyl groups is 1. The van der Waals surface area contributed by atoms with Gasteiger partial charge in [0.25, 0.3) is 0 Å². The Morgan fingerprint density at radius 2 is 1.43 bits per heavy atom. The van der Waals surface area contributed by atoms with E-state index >= 15 is 0 Å². The van der Waals surface area contributed by atoms with E-state index in [0.29, 0.717) is 11.1 Å². The molecule has 3 aromatic rings. The molecule has 0 bridgehead atoms. The van der Waals surface area contributed by atoms with Gasteiger partial charge in [0.2, 0.25) is 0 Å². The molecule has 0 saturated heterocycles. The molecule has 0 radical (unpaired) electrons. The van der Waals surface area contributed by atoms with Gasteiger partial charge in [0.15, 0.2) is 5.60 Å². The number of carbonyl (C=O) groups excluding carboxylic acids is 1. The zero-order valence-corrected chi connectivity index (χ0v) is 17.9. The number of nitrogens with zero attached hydrogens (tertiary/aromatic N) is 2. The van der Waals surface area contributed by atoms with Gasteiger partial charge in [-0.3, -0.25) is 0 Å². The zero-order chi connectivity index (χ0) is 21.6. The van der Waals surface area contributed by atoms with E-state index in [1.807, 2.05) is 93.4 Å². The average Bonchev–Trinajstić information content (AvgIpc) is 3.01. The number of cyclic esters (lactones) is 1. The van der Waals surface area contributed by atoms with Crippen LogP contribution in [0.25, 0.3) is 0 Å². The minimum Gasteiger partial charge on any atom is -0.507 e. The Bertz CT molecular complexity index is 1140. The van der Waals surface area contributed by atoms with Crippen molar-refractivity contribution in [2.75, 3.05) is 38.0 Å². The number of ether oxygens (including phenoxy) is 1. The van der Waals surface area contributed by atoms with Gasteiger partial charge in [0, 0.05) is 62.3 Å². The standard InChI is InChI=1S/C25H26N2O3/c1-16-10-11-17(26(2)3)14-22(16)25(20-9-7-6-8-19(20)24(29)30-25)21-13-12-18(27(4)5)15-23(21)28/h6-15,28H,1-5H3. The number of hydrogen-bond acceptors (Lipinski definition) is 5. The van der Waals surface area contributed by atoms with Crippen molar-refractivity contribution >= 4 is 17.3 Å². The molecule has 1 aliphatic heterocycles. The Kier molecular flexibility index (Phi) is 4.69. The molecule has 1 atom stereocenters. The van der Waals surface area contributed by atoms with Crippen molar-refractivity contribution in [2.45, 2.75) is 12.5 Å². The maximum Gasteiger partial charge on any atom is 0.340 e. The first-order chi connectivity index (χ1) is 14.3. The monoisotopic (exact) mass is 402 g/mol. The summed E-state index contributed by atoms with van der Waals surface area (Å²) in [4.78, 5) is 16.8. The number of aryl methyl sites for hydroxylation is 1. The third kappa shape index (κ3) is 2.89. The highest BCUT2D eigenvalue weighted by atomic mass is 16.6. The van der Waals surface area contributed by atoms with Gasteiger partial charge in [-0.25, -0.2) is 4.79 Å². The molecule has 154 valence electrons. The zero-order valence-electron chi connectivity index (χ0n) is 17.9. The molecule has 4 rings (SSSR count). The second-order valence-electron chi connectivity index (χ2n) is 8.11. The van der Waals surface area contributed by atoms with Crippen LogP contribution in [0.15, 0.2) is 60.7 Å². The molecule has 5 heteroatoms. The predicted octanol–water partition coefficient (Wildman–Crippen LogP) is 4.29. The number of carbonyl (C=O) groups is 1. The van der Waals surface area contributed by atoms with Crippen LogP contribution < -0.4 is 9.80 Å². The van der Waals surface area contributed by atoms with Crippen LogP contribution >= 0.6 is 0 Å². The SMILES string of the molecule is Cc1ccc(N(C)C)cc1C1(c2ccc(N(C)C)cc2O)OC(=O)c2ccccc21. The lowest BCUT2D eigenvalue weighted by Crippen LogP contribution is -2.31. The van der Waals surface area contributed by atoms with Crippen LogP contribution in [0.2, 0.25) is 0 Å². The van der Waals surface area contributed by atoms with Crippen molar-refractivity contribution in [3.05, 3.63) is 88.5 Å². The van der Waals surface area contributed by atoms with Crippen molar-refractivity contribution in [1.82, 2.24) is 0 Å². The molecule has 0 aromatic heterocycles. The molecule has 0 saturated carbocycles. The van der Waals surface area contributed by atoms with Gasteiger partial charge in [0.05, 0.1) is 5.56 Å². The van der Waals surface area contributed by atoms with Crippen LogP contribution in [0.4, 0.5) is 11.4 Å². The first-order valence-electron chi connectivity index (χ1n) is 9.88. The van der Waals surface area contributed by atoms with Crippen LogP contribution in [0.3, 0.4) is 0 Å². The Morgan fingerprint density at radius 3 is 2.10 bits per heavy atom. The van der Waals surface area contributed by atoms with Crippen LogP contribution in [-0.4, -0.2) is 39.3 Å². The van der Waals surface area contributed by atoms with Crippen molar-refractivity contribution < 1.29 is 14.6 Å². The number of phenolic OH excluding ortho intramolecular Hbond substituents is 1. The Hall–Kier alpha value is -3.47. The van der Waals surface area contributed by atoms with E-state index in [1.54, 1.807) is 12.1 Å².